The molecular weight excluding hydrogens is 212 g/mol. The van der Waals surface area contributed by atoms with Crippen LogP contribution in [0, 0.1) is 20.8 Å². The highest BCUT2D eigenvalue weighted by Gasteiger charge is 2.17. The van der Waals surface area contributed by atoms with Gasteiger partial charge >= 0.3 is 0 Å². The molecule has 3 heteroatoms. The molecule has 2 rings (SSSR count). The zero-order chi connectivity index (χ0) is 12.4. The van der Waals surface area contributed by atoms with Crippen LogP contribution in [0.3, 0.4) is 0 Å². The van der Waals surface area contributed by atoms with Gasteiger partial charge in [0.05, 0.1) is 7.11 Å². The summed E-state index contributed by atoms with van der Waals surface area (Å²) in [5, 5.41) is 7.00. The normalized spacial score (nSPS) is 19.4. The van der Waals surface area contributed by atoms with Crippen LogP contribution >= 0.6 is 0 Å². The van der Waals surface area contributed by atoms with Gasteiger partial charge in [0.1, 0.15) is 5.75 Å². The van der Waals surface area contributed by atoms with Crippen molar-refractivity contribution >= 4 is 5.69 Å². The number of hydrogen-bond donors (Lipinski definition) is 2. The first-order valence-corrected chi connectivity index (χ1v) is 6.25. The Morgan fingerprint density at radius 3 is 2.65 bits per heavy atom. The molecule has 1 atom stereocenters. The lowest BCUT2D eigenvalue weighted by Gasteiger charge is -2.19. The van der Waals surface area contributed by atoms with Crippen LogP contribution in [0.4, 0.5) is 5.69 Å². The first kappa shape index (κ1) is 12.2. The van der Waals surface area contributed by atoms with E-state index in [9.17, 15) is 0 Å². The zero-order valence-electron chi connectivity index (χ0n) is 11.2. The zero-order valence-corrected chi connectivity index (χ0v) is 11.2. The molecule has 1 aliphatic heterocycles. The van der Waals surface area contributed by atoms with Crippen LogP contribution in [0.25, 0.3) is 0 Å². The molecule has 1 saturated heterocycles. The summed E-state index contributed by atoms with van der Waals surface area (Å²) in [5.74, 6) is 1.01. The molecule has 3 nitrogen and oxygen atoms in total. The van der Waals surface area contributed by atoms with E-state index in [0.29, 0.717) is 6.04 Å². The standard InChI is InChI=1S/C14H22N2O/c1-9-7-13(16-12-5-6-15-8-12)10(2)11(3)14(9)17-4/h7,12,15-16H,5-6,8H2,1-4H3. The average Bonchev–Trinajstić information content (AvgIpc) is 2.79. The number of methoxy groups -OCH3 is 1. The van der Waals surface area contributed by atoms with E-state index in [1.54, 1.807) is 7.11 Å². The highest BCUT2D eigenvalue weighted by molar-refractivity contribution is 5.62. The fourth-order valence-electron chi connectivity index (χ4n) is 2.52. The number of rotatable bonds is 3. The molecule has 94 valence electrons. The molecule has 1 aliphatic rings. The van der Waals surface area contributed by atoms with Gasteiger partial charge in [-0.3, -0.25) is 0 Å². The van der Waals surface area contributed by atoms with E-state index in [-0.39, 0.29) is 0 Å². The van der Waals surface area contributed by atoms with Crippen molar-refractivity contribution in [3.05, 3.63) is 22.8 Å². The Labute approximate surface area is 104 Å². The maximum atomic E-state index is 5.44. The Balaban J connectivity index is 2.28. The van der Waals surface area contributed by atoms with E-state index >= 15 is 0 Å². The predicted molar refractivity (Wildman–Crippen MR) is 72.1 cm³/mol. The van der Waals surface area contributed by atoms with Crippen LogP contribution < -0.4 is 15.4 Å². The van der Waals surface area contributed by atoms with Crippen molar-refractivity contribution in [3.8, 4) is 5.75 Å². The van der Waals surface area contributed by atoms with E-state index in [0.717, 1.165) is 18.8 Å². The molecular formula is C14H22N2O. The topological polar surface area (TPSA) is 33.3 Å². The summed E-state index contributed by atoms with van der Waals surface area (Å²) in [6.45, 7) is 8.55. The predicted octanol–water partition coefficient (Wildman–Crippen LogP) is 2.39. The molecule has 0 radical (unpaired) electrons. The van der Waals surface area contributed by atoms with Crippen molar-refractivity contribution in [1.82, 2.24) is 5.32 Å². The van der Waals surface area contributed by atoms with E-state index in [1.165, 1.54) is 28.8 Å². The smallest absolute Gasteiger partial charge is 0.125 e. The van der Waals surface area contributed by atoms with Gasteiger partial charge in [0.15, 0.2) is 0 Å². The minimum atomic E-state index is 0.556. The SMILES string of the molecule is COc1c(C)cc(NC2CCNC2)c(C)c1C. The fourth-order valence-corrected chi connectivity index (χ4v) is 2.52. The van der Waals surface area contributed by atoms with E-state index in [2.05, 4.69) is 37.5 Å². The minimum absolute atomic E-state index is 0.556. The van der Waals surface area contributed by atoms with Crippen LogP contribution in [-0.4, -0.2) is 26.2 Å². The second-order valence-corrected chi connectivity index (χ2v) is 4.86. The third kappa shape index (κ3) is 2.39. The molecule has 2 N–H and O–H groups in total. The Bertz CT molecular complexity index is 409. The number of anilines is 1. The number of hydrogen-bond acceptors (Lipinski definition) is 3. The van der Waals surface area contributed by atoms with Gasteiger partial charge in [0.2, 0.25) is 0 Å². The Kier molecular flexibility index (Phi) is 3.57. The van der Waals surface area contributed by atoms with Gasteiger partial charge in [-0.1, -0.05) is 0 Å². The molecule has 0 aliphatic carbocycles. The quantitative estimate of drug-likeness (QED) is 0.842. The number of benzene rings is 1. The molecule has 0 amide bonds. The van der Waals surface area contributed by atoms with Gasteiger partial charge in [-0.15, -0.1) is 0 Å². The van der Waals surface area contributed by atoms with Crippen LogP contribution in [0.5, 0.6) is 5.75 Å². The highest BCUT2D eigenvalue weighted by atomic mass is 16.5. The van der Waals surface area contributed by atoms with Crippen molar-refractivity contribution in [2.24, 2.45) is 0 Å². The lowest BCUT2D eigenvalue weighted by Crippen LogP contribution is -2.22. The molecule has 1 aromatic carbocycles. The number of aryl methyl sites for hydroxylation is 1. The van der Waals surface area contributed by atoms with Crippen molar-refractivity contribution in [2.45, 2.75) is 33.2 Å². The largest absolute Gasteiger partial charge is 0.496 e. The van der Waals surface area contributed by atoms with Gasteiger partial charge in [0.25, 0.3) is 0 Å². The molecule has 1 unspecified atom stereocenters. The van der Waals surface area contributed by atoms with Crippen LogP contribution in [-0.2, 0) is 0 Å². The van der Waals surface area contributed by atoms with Crippen molar-refractivity contribution in [1.29, 1.82) is 0 Å². The van der Waals surface area contributed by atoms with Gasteiger partial charge < -0.3 is 15.4 Å². The summed E-state index contributed by atoms with van der Waals surface area (Å²) >= 11 is 0. The number of ether oxygens (including phenoxy) is 1. The van der Waals surface area contributed by atoms with E-state index in [4.69, 9.17) is 4.74 Å². The third-order valence-corrected chi connectivity index (χ3v) is 3.65. The average molecular weight is 234 g/mol. The van der Waals surface area contributed by atoms with Crippen molar-refractivity contribution < 1.29 is 4.74 Å². The van der Waals surface area contributed by atoms with Crippen LogP contribution in [0.1, 0.15) is 23.1 Å². The molecule has 0 spiro atoms. The van der Waals surface area contributed by atoms with Crippen LogP contribution in [0.2, 0.25) is 0 Å². The summed E-state index contributed by atoms with van der Waals surface area (Å²) in [6, 6.07) is 2.75. The van der Waals surface area contributed by atoms with E-state index < -0.39 is 0 Å². The van der Waals surface area contributed by atoms with Gasteiger partial charge in [-0.25, -0.2) is 0 Å². The molecule has 0 saturated carbocycles. The molecule has 1 aromatic rings. The molecule has 1 heterocycles. The molecule has 17 heavy (non-hydrogen) atoms. The second-order valence-electron chi connectivity index (χ2n) is 4.86. The minimum Gasteiger partial charge on any atom is -0.496 e. The van der Waals surface area contributed by atoms with Crippen molar-refractivity contribution in [2.75, 3.05) is 25.5 Å². The lowest BCUT2D eigenvalue weighted by atomic mass is 10.0. The maximum Gasteiger partial charge on any atom is 0.125 e. The van der Waals surface area contributed by atoms with Gasteiger partial charge in [-0.2, -0.15) is 0 Å². The molecule has 1 fully saturated rings. The van der Waals surface area contributed by atoms with Crippen LogP contribution in [0.15, 0.2) is 6.07 Å². The Morgan fingerprint density at radius 2 is 2.06 bits per heavy atom. The first-order chi connectivity index (χ1) is 8.13. The summed E-state index contributed by atoms with van der Waals surface area (Å²) < 4.78 is 5.44. The van der Waals surface area contributed by atoms with Gasteiger partial charge in [0, 0.05) is 18.3 Å². The second kappa shape index (κ2) is 4.96. The van der Waals surface area contributed by atoms with Gasteiger partial charge in [-0.05, 0) is 56.5 Å². The Morgan fingerprint density at radius 1 is 1.29 bits per heavy atom. The molecule has 0 aromatic heterocycles. The first-order valence-electron chi connectivity index (χ1n) is 6.25. The summed E-state index contributed by atoms with van der Waals surface area (Å²) in [6.07, 6.45) is 1.20. The fraction of sp³-hybridized carbons (Fsp3) is 0.571. The van der Waals surface area contributed by atoms with Crippen molar-refractivity contribution in [3.63, 3.8) is 0 Å². The van der Waals surface area contributed by atoms with E-state index in [1.807, 2.05) is 0 Å². The Hall–Kier alpha value is -1.22. The maximum absolute atomic E-state index is 5.44. The monoisotopic (exact) mass is 234 g/mol. The highest BCUT2D eigenvalue weighted by Crippen LogP contribution is 2.31. The number of nitrogens with one attached hydrogen (secondary N) is 2. The summed E-state index contributed by atoms with van der Waals surface area (Å²) in [4.78, 5) is 0. The summed E-state index contributed by atoms with van der Waals surface area (Å²) in [5.41, 5.74) is 4.97. The third-order valence-electron chi connectivity index (χ3n) is 3.65. The molecule has 0 bridgehead atoms. The summed E-state index contributed by atoms with van der Waals surface area (Å²) in [7, 11) is 1.74. The lowest BCUT2D eigenvalue weighted by molar-refractivity contribution is 0.408.